The van der Waals surface area contributed by atoms with Crippen LogP contribution < -0.4 is 7.16 Å². The van der Waals surface area contributed by atoms with Crippen LogP contribution in [0, 0.1) is 0 Å². The van der Waals surface area contributed by atoms with E-state index in [1.54, 1.807) is 0 Å². The van der Waals surface area contributed by atoms with Crippen molar-refractivity contribution in [3.63, 3.8) is 0 Å². The van der Waals surface area contributed by atoms with Gasteiger partial charge in [-0.05, 0) is 0 Å². The molecule has 0 saturated heterocycles. The SMILES string of the molecule is CC(C)c1cc(C(C)C)c(-c2cccc(-c3c(C(C)C)cc(C(C)C)cc3C(C)C)[c]2[Sn])c(C(C)C)c1.CC(C)c1cc(C(C)C)c(-c2cccc(-c3c(C(C)C)cc(C(C)C)cc3C(C)C)[c]2[Sn])c(C(C)C)c1.[Se].[Se].[Se][Se]. The van der Waals surface area contributed by atoms with Crippen molar-refractivity contribution in [1.82, 2.24) is 0 Å². The summed E-state index contributed by atoms with van der Waals surface area (Å²) in [5.74, 6) is 5.96. The Bertz CT molecular complexity index is 2390. The second kappa shape index (κ2) is 32.3. The Balaban J connectivity index is 0.000000504. The van der Waals surface area contributed by atoms with Gasteiger partial charge in [0, 0.05) is 34.1 Å². The molecule has 418 valence electrons. The maximum absolute atomic E-state index is 2.50. The van der Waals surface area contributed by atoms with E-state index in [4.69, 9.17) is 0 Å². The minimum absolute atomic E-state index is 0. The van der Waals surface area contributed by atoms with Crippen LogP contribution in [0.1, 0.15) is 304 Å². The van der Waals surface area contributed by atoms with Gasteiger partial charge in [0.05, 0.1) is 0 Å². The standard InChI is InChI=1S/2C36H49.Se2.2Se.2Sn/c2*1-21(2)29-17-31(23(5)6)35(32(18-29)24(7)8)27-14-13-15-28(16-27)36-33(25(9)10)19-30(22(3)4)20-34(36)26(11)12;1-2;;;;/h2*13-15,17-26H,1-12H3;;;;;. The van der Waals surface area contributed by atoms with E-state index in [0.717, 1.165) is 0 Å². The summed E-state index contributed by atoms with van der Waals surface area (Å²) in [7, 11) is 0. The summed E-state index contributed by atoms with van der Waals surface area (Å²) in [4.78, 5) is 0. The van der Waals surface area contributed by atoms with E-state index in [9.17, 15) is 0 Å². The molecule has 12 radical (unpaired) electrons. The molecular formula is C72H98Se4Sn2. The molecule has 6 aromatic rings. The molecular weight excluding hydrogens is 1420 g/mol. The molecule has 6 heteroatoms. The average molecular weight is 1520 g/mol. The molecule has 0 amide bonds. The third kappa shape index (κ3) is 17.1. The molecule has 0 saturated carbocycles. The van der Waals surface area contributed by atoms with E-state index >= 15 is 0 Å². The first-order valence-electron chi connectivity index (χ1n) is 29.1. The van der Waals surface area contributed by atoms with E-state index in [1.807, 2.05) is 0 Å². The second-order valence-electron chi connectivity index (χ2n) is 25.6. The van der Waals surface area contributed by atoms with Crippen LogP contribution in [0.3, 0.4) is 0 Å². The maximum atomic E-state index is 2.50. The Morgan fingerprint density at radius 2 is 0.372 bits per heavy atom. The molecule has 6 aromatic carbocycles. The zero-order valence-electron chi connectivity index (χ0n) is 52.6. The molecule has 0 heterocycles. The van der Waals surface area contributed by atoms with Crippen molar-refractivity contribution in [3.05, 3.63) is 152 Å². The molecule has 6 rings (SSSR count). The van der Waals surface area contributed by atoms with Crippen molar-refractivity contribution in [2.45, 2.75) is 237 Å². The van der Waals surface area contributed by atoms with Crippen LogP contribution >= 0.6 is 0 Å². The van der Waals surface area contributed by atoms with Gasteiger partial charge in [0.25, 0.3) is 0 Å². The predicted octanol–water partition coefficient (Wildman–Crippen LogP) is 19.6. The molecule has 0 N–H and O–H groups in total. The third-order valence-electron chi connectivity index (χ3n) is 15.7. The molecule has 0 aliphatic carbocycles. The molecule has 0 spiro atoms. The summed E-state index contributed by atoms with van der Waals surface area (Å²) >= 11 is 7.97. The van der Waals surface area contributed by atoms with E-state index < -0.39 is 0 Å². The molecule has 0 unspecified atom stereocenters. The normalized spacial score (nSPS) is 11.7. The van der Waals surface area contributed by atoms with Crippen molar-refractivity contribution < 1.29 is 0 Å². The van der Waals surface area contributed by atoms with Crippen LogP contribution in [0.5, 0.6) is 0 Å². The number of hydrogen-bond acceptors (Lipinski definition) is 0. The Labute approximate surface area is 542 Å². The summed E-state index contributed by atoms with van der Waals surface area (Å²) in [5, 5.41) is 0. The van der Waals surface area contributed by atoms with E-state index in [0.29, 0.717) is 71.0 Å². The van der Waals surface area contributed by atoms with Crippen molar-refractivity contribution in [3.8, 4) is 44.5 Å². The fourth-order valence-electron chi connectivity index (χ4n) is 11.0. The van der Waals surface area contributed by atoms with Crippen molar-refractivity contribution in [1.29, 1.82) is 0 Å². The number of hydrogen-bond donors (Lipinski definition) is 0. The zero-order chi connectivity index (χ0) is 57.5. The first kappa shape index (κ1) is 73.1. The predicted molar refractivity (Wildman–Crippen MR) is 357 cm³/mol. The van der Waals surface area contributed by atoms with Crippen molar-refractivity contribution >= 4 is 115 Å². The van der Waals surface area contributed by atoms with Crippen LogP contribution in [0.15, 0.2) is 84.9 Å². The van der Waals surface area contributed by atoms with Crippen LogP contribution in [-0.2, 0) is 0 Å². The number of benzene rings is 6. The van der Waals surface area contributed by atoms with E-state index in [2.05, 4.69) is 279 Å². The first-order valence-corrected chi connectivity index (χ1v) is 36.3. The monoisotopic (exact) mass is 1520 g/mol. The van der Waals surface area contributed by atoms with Gasteiger partial charge >= 0.3 is 514 Å². The fourth-order valence-corrected chi connectivity index (χ4v) is 13.4. The average Bonchev–Trinajstić information content (AvgIpc) is 3.35. The molecule has 0 nitrogen and oxygen atoms in total. The Hall–Kier alpha value is -1.00. The molecule has 78 heavy (non-hydrogen) atoms. The molecule has 0 aliphatic rings. The topological polar surface area (TPSA) is 0 Å². The van der Waals surface area contributed by atoms with Crippen LogP contribution in [-0.4, -0.2) is 108 Å². The van der Waals surface area contributed by atoms with Gasteiger partial charge in [-0.1, -0.05) is 0 Å². The van der Waals surface area contributed by atoms with Gasteiger partial charge in [-0.25, -0.2) is 0 Å². The molecule has 0 atom stereocenters. The first-order chi connectivity index (χ1) is 35.5. The molecule has 0 aromatic heterocycles. The van der Waals surface area contributed by atoms with Gasteiger partial charge in [-0.15, -0.1) is 0 Å². The summed E-state index contributed by atoms with van der Waals surface area (Å²) in [5.41, 5.74) is 29.6. The third-order valence-corrected chi connectivity index (χ3v) is 18.8. The summed E-state index contributed by atoms with van der Waals surface area (Å²) in [6.07, 6.45) is 0. The van der Waals surface area contributed by atoms with E-state index in [1.165, 1.54) is 163 Å². The van der Waals surface area contributed by atoms with Crippen molar-refractivity contribution in [2.24, 2.45) is 0 Å². The van der Waals surface area contributed by atoms with Crippen LogP contribution in [0.4, 0.5) is 0 Å². The van der Waals surface area contributed by atoms with Gasteiger partial charge in [-0.3, -0.25) is 0 Å². The van der Waals surface area contributed by atoms with Gasteiger partial charge in [-0.2, -0.15) is 0 Å². The van der Waals surface area contributed by atoms with Gasteiger partial charge in [0.2, 0.25) is 0 Å². The molecule has 0 bridgehead atoms. The van der Waals surface area contributed by atoms with Gasteiger partial charge < -0.3 is 0 Å². The second-order valence-corrected chi connectivity index (χ2v) is 28.5. The molecule has 0 fully saturated rings. The quantitative estimate of drug-likeness (QED) is 0.0848. The summed E-state index contributed by atoms with van der Waals surface area (Å²) in [6, 6.07) is 34.2. The fraction of sp³-hybridized carbons (Fsp3) is 0.500. The number of rotatable bonds is 16. The Morgan fingerprint density at radius 1 is 0.244 bits per heavy atom. The van der Waals surface area contributed by atoms with E-state index in [-0.39, 0.29) is 34.1 Å². The summed E-state index contributed by atoms with van der Waals surface area (Å²) in [6.45, 7) is 56.3. The van der Waals surface area contributed by atoms with Gasteiger partial charge in [0.15, 0.2) is 0 Å². The van der Waals surface area contributed by atoms with Crippen LogP contribution in [0.2, 0.25) is 0 Å². The van der Waals surface area contributed by atoms with Gasteiger partial charge in [0.1, 0.15) is 0 Å². The zero-order valence-corrected chi connectivity index (χ0v) is 65.2. The summed E-state index contributed by atoms with van der Waals surface area (Å²) < 4.78 is 2.99. The Morgan fingerprint density at radius 3 is 0.474 bits per heavy atom. The van der Waals surface area contributed by atoms with Crippen molar-refractivity contribution in [2.75, 3.05) is 0 Å². The Kier molecular flexibility index (Phi) is 30.3. The molecule has 0 aliphatic heterocycles. The van der Waals surface area contributed by atoms with Crippen LogP contribution in [0.25, 0.3) is 44.5 Å². The minimum atomic E-state index is 0.